The van der Waals surface area contributed by atoms with Gasteiger partial charge in [-0.05, 0) is 54.7 Å². The summed E-state index contributed by atoms with van der Waals surface area (Å²) in [7, 11) is 1.75. The molecule has 0 bridgehead atoms. The molecule has 1 aliphatic heterocycles. The molecule has 1 aromatic carbocycles. The van der Waals surface area contributed by atoms with Crippen molar-refractivity contribution in [1.29, 1.82) is 0 Å². The first-order valence-electron chi connectivity index (χ1n) is 7.04. The lowest BCUT2D eigenvalue weighted by atomic mass is 9.78. The molecule has 1 fully saturated rings. The van der Waals surface area contributed by atoms with Gasteiger partial charge in [0.15, 0.2) is 5.11 Å². The normalized spacial score (nSPS) is 28.8. The van der Waals surface area contributed by atoms with E-state index in [4.69, 9.17) is 12.2 Å². The number of benzene rings is 1. The molecule has 5 heteroatoms. The van der Waals surface area contributed by atoms with E-state index in [0.717, 1.165) is 29.3 Å². The number of rotatable bonds is 0. The molecular weight excluding hydrogens is 348 g/mol. The van der Waals surface area contributed by atoms with Crippen molar-refractivity contribution >= 4 is 39.2 Å². The quantitative estimate of drug-likeness (QED) is 0.568. The first kappa shape index (κ1) is 13.5. The van der Waals surface area contributed by atoms with Crippen LogP contribution >= 0.6 is 28.1 Å². The van der Waals surface area contributed by atoms with Crippen molar-refractivity contribution in [3.05, 3.63) is 46.0 Å². The van der Waals surface area contributed by atoms with Crippen LogP contribution in [0.2, 0.25) is 0 Å². The third-order valence-electron chi connectivity index (χ3n) is 5.09. The summed E-state index contributed by atoms with van der Waals surface area (Å²) in [6.07, 6.45) is 7.23. The minimum atomic E-state index is -0.684. The van der Waals surface area contributed by atoms with Gasteiger partial charge in [-0.15, -0.1) is 0 Å². The van der Waals surface area contributed by atoms with Gasteiger partial charge in [0.1, 0.15) is 5.54 Å². The summed E-state index contributed by atoms with van der Waals surface area (Å²) < 4.78 is 0.999. The van der Waals surface area contributed by atoms with Crippen LogP contribution < -0.4 is 5.32 Å². The van der Waals surface area contributed by atoms with Gasteiger partial charge in [0, 0.05) is 16.9 Å². The maximum Gasteiger partial charge on any atom is 0.258 e. The Kier molecular flexibility index (Phi) is 2.67. The van der Waals surface area contributed by atoms with Crippen LogP contribution in [-0.2, 0) is 15.7 Å². The highest BCUT2D eigenvalue weighted by Gasteiger charge is 2.60. The van der Waals surface area contributed by atoms with Crippen LogP contribution in [0.3, 0.4) is 0 Å². The molecular formula is C16H15BrN2OS. The summed E-state index contributed by atoms with van der Waals surface area (Å²) in [6.45, 7) is 0. The Balaban J connectivity index is 1.95. The minimum Gasteiger partial charge on any atom is -0.344 e. The van der Waals surface area contributed by atoms with E-state index in [9.17, 15) is 4.79 Å². The van der Waals surface area contributed by atoms with Crippen molar-refractivity contribution in [3.8, 4) is 0 Å². The predicted molar refractivity (Wildman–Crippen MR) is 89.0 cm³/mol. The lowest BCUT2D eigenvalue weighted by molar-refractivity contribution is -0.130. The van der Waals surface area contributed by atoms with Crippen molar-refractivity contribution in [3.63, 3.8) is 0 Å². The van der Waals surface area contributed by atoms with Gasteiger partial charge in [-0.25, -0.2) is 0 Å². The van der Waals surface area contributed by atoms with Crippen molar-refractivity contribution in [2.45, 2.75) is 30.2 Å². The number of allylic oxidation sites excluding steroid dienone is 2. The second kappa shape index (κ2) is 4.17. The van der Waals surface area contributed by atoms with E-state index in [1.54, 1.807) is 11.9 Å². The Hall–Kier alpha value is -1.20. The number of fused-ring (bicyclic) bond motifs is 3. The third kappa shape index (κ3) is 1.59. The SMILES string of the molecule is CN1C(=O)C2(CC3(CC=CC3)c3ccc(Br)cc32)NC1=S. The lowest BCUT2D eigenvalue weighted by Gasteiger charge is -2.27. The molecule has 3 aliphatic rings. The number of hydrogen-bond donors (Lipinski definition) is 1. The number of halogens is 1. The molecule has 4 rings (SSSR count). The number of amides is 1. The Bertz CT molecular complexity index is 706. The van der Waals surface area contributed by atoms with Crippen LogP contribution in [0, 0.1) is 0 Å². The zero-order valence-corrected chi connectivity index (χ0v) is 14.1. The lowest BCUT2D eigenvalue weighted by Crippen LogP contribution is -2.43. The number of nitrogens with one attached hydrogen (secondary N) is 1. The first-order valence-corrected chi connectivity index (χ1v) is 8.24. The van der Waals surface area contributed by atoms with E-state index >= 15 is 0 Å². The first-order chi connectivity index (χ1) is 9.98. The number of likely N-dealkylation sites (N-methyl/N-ethyl adjacent to an activating group) is 1. The molecule has 1 aromatic rings. The maximum absolute atomic E-state index is 12.9. The fourth-order valence-corrected chi connectivity index (χ4v) is 4.71. The molecule has 1 atom stereocenters. The van der Waals surface area contributed by atoms with Gasteiger partial charge in [0.05, 0.1) is 0 Å². The van der Waals surface area contributed by atoms with Gasteiger partial charge in [-0.2, -0.15) is 0 Å². The fraction of sp³-hybridized carbons (Fsp3) is 0.375. The second-order valence-electron chi connectivity index (χ2n) is 6.23. The molecule has 0 aromatic heterocycles. The van der Waals surface area contributed by atoms with E-state index in [0.29, 0.717) is 5.11 Å². The van der Waals surface area contributed by atoms with Crippen molar-refractivity contribution in [2.75, 3.05) is 7.05 Å². The van der Waals surface area contributed by atoms with Crippen molar-refractivity contribution < 1.29 is 4.79 Å². The van der Waals surface area contributed by atoms with Gasteiger partial charge in [0.2, 0.25) is 0 Å². The molecule has 3 nitrogen and oxygen atoms in total. The third-order valence-corrected chi connectivity index (χ3v) is 5.96. The summed E-state index contributed by atoms with van der Waals surface area (Å²) in [5.74, 6) is 0.0654. The van der Waals surface area contributed by atoms with Crippen molar-refractivity contribution in [2.24, 2.45) is 0 Å². The van der Waals surface area contributed by atoms with Crippen LogP contribution in [0.4, 0.5) is 0 Å². The van der Waals surface area contributed by atoms with E-state index in [1.165, 1.54) is 5.56 Å². The Labute approximate surface area is 137 Å². The van der Waals surface area contributed by atoms with Gasteiger partial charge >= 0.3 is 0 Å². The Morgan fingerprint density at radius 3 is 2.62 bits per heavy atom. The molecule has 0 radical (unpaired) electrons. The number of hydrogen-bond acceptors (Lipinski definition) is 2. The predicted octanol–water partition coefficient (Wildman–Crippen LogP) is 2.98. The zero-order chi connectivity index (χ0) is 14.8. The highest BCUT2D eigenvalue weighted by molar-refractivity contribution is 9.10. The number of carbonyl (C=O) groups excluding carboxylic acids is 1. The number of nitrogens with zero attached hydrogens (tertiary/aromatic N) is 1. The van der Waals surface area contributed by atoms with Gasteiger partial charge in [-0.1, -0.05) is 34.1 Å². The molecule has 1 amide bonds. The van der Waals surface area contributed by atoms with Crippen LogP contribution in [0.25, 0.3) is 0 Å². The fourth-order valence-electron chi connectivity index (χ4n) is 4.10. The average Bonchev–Trinajstić information content (AvgIpc) is 3.08. The highest BCUT2D eigenvalue weighted by Crippen LogP contribution is 2.56. The van der Waals surface area contributed by atoms with Crippen LogP contribution in [-0.4, -0.2) is 23.0 Å². The smallest absolute Gasteiger partial charge is 0.258 e. The summed E-state index contributed by atoms with van der Waals surface area (Å²) in [5.41, 5.74) is 1.73. The molecule has 1 N–H and O–H groups in total. The van der Waals surface area contributed by atoms with Crippen LogP contribution in [0.15, 0.2) is 34.8 Å². The monoisotopic (exact) mass is 362 g/mol. The maximum atomic E-state index is 12.9. The average molecular weight is 363 g/mol. The van der Waals surface area contributed by atoms with E-state index < -0.39 is 5.54 Å². The Morgan fingerprint density at radius 2 is 2.00 bits per heavy atom. The highest BCUT2D eigenvalue weighted by atomic mass is 79.9. The van der Waals surface area contributed by atoms with E-state index in [-0.39, 0.29) is 11.3 Å². The van der Waals surface area contributed by atoms with Crippen LogP contribution in [0.1, 0.15) is 30.4 Å². The second-order valence-corrected chi connectivity index (χ2v) is 7.53. The number of carbonyl (C=O) groups is 1. The summed E-state index contributed by atoms with van der Waals surface area (Å²) in [6, 6.07) is 6.31. The molecule has 1 unspecified atom stereocenters. The van der Waals surface area contributed by atoms with Gasteiger partial charge in [0.25, 0.3) is 5.91 Å². The summed E-state index contributed by atoms with van der Waals surface area (Å²) in [4.78, 5) is 14.5. The molecule has 1 saturated heterocycles. The molecule has 0 saturated carbocycles. The summed E-state index contributed by atoms with van der Waals surface area (Å²) >= 11 is 8.86. The van der Waals surface area contributed by atoms with Gasteiger partial charge in [-0.3, -0.25) is 9.69 Å². The Morgan fingerprint density at radius 1 is 1.29 bits per heavy atom. The number of thiocarbonyl (C=S) groups is 1. The molecule has 1 heterocycles. The van der Waals surface area contributed by atoms with Gasteiger partial charge < -0.3 is 5.32 Å². The van der Waals surface area contributed by atoms with E-state index in [1.807, 2.05) is 0 Å². The minimum absolute atomic E-state index is 0.0412. The largest absolute Gasteiger partial charge is 0.344 e. The zero-order valence-electron chi connectivity index (χ0n) is 11.6. The molecule has 108 valence electrons. The van der Waals surface area contributed by atoms with Crippen LogP contribution in [0.5, 0.6) is 0 Å². The van der Waals surface area contributed by atoms with Crippen molar-refractivity contribution in [1.82, 2.24) is 10.2 Å². The molecule has 2 aliphatic carbocycles. The summed E-state index contributed by atoms with van der Waals surface area (Å²) in [5, 5.41) is 3.84. The topological polar surface area (TPSA) is 32.3 Å². The molecule has 21 heavy (non-hydrogen) atoms. The molecule has 2 spiro atoms. The van der Waals surface area contributed by atoms with E-state index in [2.05, 4.69) is 51.6 Å². The standard InChI is InChI=1S/C16H15BrN2OS/c1-19-13(20)16(18-14(19)21)9-15(6-2-3-7-15)11-5-4-10(17)8-12(11)16/h2-5,8H,6-7,9H2,1H3,(H,18,21).